The van der Waals surface area contributed by atoms with Crippen LogP contribution in [-0.4, -0.2) is 15.9 Å². The number of anilines is 1. The van der Waals surface area contributed by atoms with Gasteiger partial charge < -0.3 is 5.32 Å². The van der Waals surface area contributed by atoms with Crippen LogP contribution in [0.4, 0.5) is 5.69 Å². The van der Waals surface area contributed by atoms with E-state index in [0.717, 1.165) is 17.9 Å². The molecule has 25 heavy (non-hydrogen) atoms. The minimum atomic E-state index is 0.0171. The molecule has 0 unspecified atom stereocenters. The fraction of sp³-hybridized carbons (Fsp3) is 0.476. The van der Waals surface area contributed by atoms with Gasteiger partial charge in [-0.05, 0) is 50.2 Å². The molecule has 1 saturated carbocycles. The lowest BCUT2D eigenvalue weighted by atomic mass is 10.1. The number of allylic oxidation sites excluding steroid dienone is 2. The Morgan fingerprint density at radius 3 is 2.48 bits per heavy atom. The molecule has 2 atom stereocenters. The van der Waals surface area contributed by atoms with Gasteiger partial charge in [0.1, 0.15) is 5.69 Å². The van der Waals surface area contributed by atoms with E-state index in [1.54, 1.807) is 4.68 Å². The standard InChI is InChI=1S/C21H29N3O/c1-14(2)12-17-18(21(17,4)5)13-22-19-15(3)23(6)24(20(19)25)16-10-8-7-9-11-16/h7-12,17-18,22H,13H2,1-6H3/t17-,18+/m1/s1. The molecule has 0 amide bonds. The first-order valence-corrected chi connectivity index (χ1v) is 8.98. The Balaban J connectivity index is 1.84. The summed E-state index contributed by atoms with van der Waals surface area (Å²) in [5.41, 5.74) is 4.24. The average molecular weight is 339 g/mol. The summed E-state index contributed by atoms with van der Waals surface area (Å²) in [6.45, 7) is 11.7. The molecule has 4 heteroatoms. The van der Waals surface area contributed by atoms with Gasteiger partial charge in [0.2, 0.25) is 0 Å². The first-order chi connectivity index (χ1) is 11.7. The monoisotopic (exact) mass is 339 g/mol. The normalized spacial score (nSPS) is 21.0. The van der Waals surface area contributed by atoms with Crippen LogP contribution < -0.4 is 10.9 Å². The Morgan fingerprint density at radius 1 is 1.24 bits per heavy atom. The van der Waals surface area contributed by atoms with E-state index in [9.17, 15) is 4.79 Å². The molecular formula is C21H29N3O. The Hall–Kier alpha value is -2.23. The third kappa shape index (κ3) is 3.06. The van der Waals surface area contributed by atoms with Crippen molar-refractivity contribution in [2.24, 2.45) is 24.3 Å². The lowest BCUT2D eigenvalue weighted by molar-refractivity contribution is 0.561. The molecule has 1 aliphatic carbocycles. The van der Waals surface area contributed by atoms with Crippen LogP contribution in [0, 0.1) is 24.2 Å². The molecule has 1 aromatic carbocycles. The summed E-state index contributed by atoms with van der Waals surface area (Å²) in [7, 11) is 1.93. The van der Waals surface area contributed by atoms with Crippen molar-refractivity contribution in [3.8, 4) is 5.69 Å². The van der Waals surface area contributed by atoms with E-state index >= 15 is 0 Å². The highest BCUT2D eigenvalue weighted by molar-refractivity contribution is 5.49. The van der Waals surface area contributed by atoms with E-state index in [2.05, 4.69) is 39.1 Å². The van der Waals surface area contributed by atoms with E-state index in [4.69, 9.17) is 0 Å². The average Bonchev–Trinajstić information content (AvgIpc) is 2.98. The summed E-state index contributed by atoms with van der Waals surface area (Å²) < 4.78 is 3.65. The molecular weight excluding hydrogens is 310 g/mol. The number of hydrogen-bond acceptors (Lipinski definition) is 2. The summed E-state index contributed by atoms with van der Waals surface area (Å²) in [4.78, 5) is 12.9. The molecule has 0 radical (unpaired) electrons. The topological polar surface area (TPSA) is 39.0 Å². The molecule has 1 N–H and O–H groups in total. The highest BCUT2D eigenvalue weighted by Gasteiger charge is 2.55. The fourth-order valence-electron chi connectivity index (χ4n) is 3.85. The van der Waals surface area contributed by atoms with Gasteiger partial charge in [-0.15, -0.1) is 0 Å². The van der Waals surface area contributed by atoms with Crippen LogP contribution >= 0.6 is 0 Å². The second-order valence-electron chi connectivity index (χ2n) is 8.02. The zero-order valence-electron chi connectivity index (χ0n) is 16.1. The van der Waals surface area contributed by atoms with Crippen molar-refractivity contribution in [3.63, 3.8) is 0 Å². The summed E-state index contributed by atoms with van der Waals surface area (Å²) in [5, 5.41) is 3.45. The van der Waals surface area contributed by atoms with Gasteiger partial charge in [0, 0.05) is 13.6 Å². The van der Waals surface area contributed by atoms with Crippen LogP contribution in [-0.2, 0) is 7.05 Å². The highest BCUT2D eigenvalue weighted by atomic mass is 16.1. The summed E-state index contributed by atoms with van der Waals surface area (Å²) >= 11 is 0. The Bertz CT molecular complexity index is 851. The maximum Gasteiger partial charge on any atom is 0.295 e. The molecule has 134 valence electrons. The van der Waals surface area contributed by atoms with Gasteiger partial charge in [-0.1, -0.05) is 43.7 Å². The smallest absolute Gasteiger partial charge is 0.295 e. The van der Waals surface area contributed by atoms with Crippen molar-refractivity contribution in [2.75, 3.05) is 11.9 Å². The number of hydrogen-bond donors (Lipinski definition) is 1. The Labute approximate surface area is 150 Å². The van der Waals surface area contributed by atoms with Crippen molar-refractivity contribution < 1.29 is 0 Å². The van der Waals surface area contributed by atoms with Gasteiger partial charge in [0.05, 0.1) is 11.4 Å². The third-order valence-corrected chi connectivity index (χ3v) is 5.71. The van der Waals surface area contributed by atoms with E-state index in [1.165, 1.54) is 5.57 Å². The van der Waals surface area contributed by atoms with Gasteiger partial charge in [0.25, 0.3) is 5.56 Å². The largest absolute Gasteiger partial charge is 0.379 e. The van der Waals surface area contributed by atoms with Crippen molar-refractivity contribution in [1.29, 1.82) is 0 Å². The minimum Gasteiger partial charge on any atom is -0.379 e. The molecule has 1 aliphatic rings. The third-order valence-electron chi connectivity index (χ3n) is 5.71. The van der Waals surface area contributed by atoms with Crippen molar-refractivity contribution >= 4 is 5.69 Å². The predicted molar refractivity (Wildman–Crippen MR) is 104 cm³/mol. The maximum atomic E-state index is 12.9. The van der Waals surface area contributed by atoms with Gasteiger partial charge in [-0.2, -0.15) is 0 Å². The minimum absolute atomic E-state index is 0.0171. The summed E-state index contributed by atoms with van der Waals surface area (Å²) in [6, 6.07) is 9.78. The first kappa shape index (κ1) is 17.6. The van der Waals surface area contributed by atoms with Gasteiger partial charge in [0.15, 0.2) is 0 Å². The van der Waals surface area contributed by atoms with E-state index in [0.29, 0.717) is 22.9 Å². The fourth-order valence-corrected chi connectivity index (χ4v) is 3.85. The number of nitrogens with one attached hydrogen (secondary N) is 1. The van der Waals surface area contributed by atoms with Crippen molar-refractivity contribution in [1.82, 2.24) is 9.36 Å². The molecule has 0 bridgehead atoms. The Kier molecular flexibility index (Phi) is 4.40. The molecule has 4 nitrogen and oxygen atoms in total. The molecule has 0 saturated heterocycles. The van der Waals surface area contributed by atoms with E-state index < -0.39 is 0 Å². The highest BCUT2D eigenvalue weighted by Crippen LogP contribution is 2.59. The lowest BCUT2D eigenvalue weighted by Crippen LogP contribution is -2.21. The molecule has 0 spiro atoms. The molecule has 1 fully saturated rings. The molecule has 0 aliphatic heterocycles. The zero-order chi connectivity index (χ0) is 18.4. The number of rotatable bonds is 5. The molecule has 2 aromatic rings. The van der Waals surface area contributed by atoms with Crippen LogP contribution in [0.25, 0.3) is 5.69 Å². The lowest BCUT2D eigenvalue weighted by Gasteiger charge is -2.07. The maximum absolute atomic E-state index is 12.9. The van der Waals surface area contributed by atoms with Crippen molar-refractivity contribution in [2.45, 2.75) is 34.6 Å². The summed E-state index contributed by atoms with van der Waals surface area (Å²) in [6.07, 6.45) is 2.37. The predicted octanol–water partition coefficient (Wildman–Crippen LogP) is 4.13. The van der Waals surface area contributed by atoms with Crippen LogP contribution in [0.15, 0.2) is 46.8 Å². The second-order valence-corrected chi connectivity index (χ2v) is 8.02. The quantitative estimate of drug-likeness (QED) is 0.832. The number of para-hydroxylation sites is 1. The van der Waals surface area contributed by atoms with Crippen LogP contribution in [0.1, 0.15) is 33.4 Å². The van der Waals surface area contributed by atoms with E-state index in [1.807, 2.05) is 49.0 Å². The van der Waals surface area contributed by atoms with Gasteiger partial charge in [-0.25, -0.2) is 4.68 Å². The zero-order valence-corrected chi connectivity index (χ0v) is 16.1. The SMILES string of the molecule is CC(C)=C[C@@H]1[C@H](CNc2c(C)n(C)n(-c3ccccc3)c2=O)C1(C)C. The first-order valence-electron chi connectivity index (χ1n) is 8.98. The van der Waals surface area contributed by atoms with Crippen LogP contribution in [0.2, 0.25) is 0 Å². The van der Waals surface area contributed by atoms with Gasteiger partial charge in [-0.3, -0.25) is 9.48 Å². The number of aromatic nitrogens is 2. The van der Waals surface area contributed by atoms with Crippen molar-refractivity contribution in [3.05, 3.63) is 58.0 Å². The summed E-state index contributed by atoms with van der Waals surface area (Å²) in [5.74, 6) is 1.15. The van der Waals surface area contributed by atoms with Crippen LogP contribution in [0.3, 0.4) is 0 Å². The number of nitrogens with zero attached hydrogens (tertiary/aromatic N) is 2. The van der Waals surface area contributed by atoms with Gasteiger partial charge >= 0.3 is 0 Å². The number of benzene rings is 1. The van der Waals surface area contributed by atoms with E-state index in [-0.39, 0.29) is 5.56 Å². The van der Waals surface area contributed by atoms with Crippen LogP contribution in [0.5, 0.6) is 0 Å². The Morgan fingerprint density at radius 2 is 1.88 bits per heavy atom. The molecule has 3 rings (SSSR count). The molecule has 1 heterocycles. The molecule has 1 aromatic heterocycles. The second kappa shape index (κ2) is 6.25.